The van der Waals surface area contributed by atoms with Crippen LogP contribution in [-0.2, 0) is 11.3 Å². The number of thiazole rings is 1. The molecule has 0 saturated carbocycles. The molecule has 0 N–H and O–H groups in total. The van der Waals surface area contributed by atoms with Crippen molar-refractivity contribution in [2.24, 2.45) is 0 Å². The van der Waals surface area contributed by atoms with Gasteiger partial charge in [0.2, 0.25) is 5.91 Å². The minimum Gasteiger partial charge on any atom is -0.493 e. The van der Waals surface area contributed by atoms with Gasteiger partial charge in [0.1, 0.15) is 5.01 Å². The zero-order valence-electron chi connectivity index (χ0n) is 18.4. The minimum atomic E-state index is 0.0273. The SMILES string of the molecule is COc1ccc(/C=C\C(=O)N2CCN(Cc3csc(-c4ccccc4)n3)CC2)cc1OC. The molecule has 4 rings (SSSR count). The van der Waals surface area contributed by atoms with Gasteiger partial charge >= 0.3 is 0 Å². The van der Waals surface area contributed by atoms with Crippen molar-refractivity contribution in [2.75, 3.05) is 40.4 Å². The quantitative estimate of drug-likeness (QED) is 0.507. The molecule has 32 heavy (non-hydrogen) atoms. The third kappa shape index (κ3) is 5.36. The number of nitrogens with zero attached hydrogens (tertiary/aromatic N) is 3. The Balaban J connectivity index is 1.29. The lowest BCUT2D eigenvalue weighted by Gasteiger charge is -2.33. The van der Waals surface area contributed by atoms with E-state index in [0.717, 1.165) is 41.5 Å². The van der Waals surface area contributed by atoms with Crippen LogP contribution in [0.15, 0.2) is 60.0 Å². The van der Waals surface area contributed by atoms with Crippen LogP contribution in [0.5, 0.6) is 11.5 Å². The van der Waals surface area contributed by atoms with Crippen LogP contribution in [-0.4, -0.2) is 61.1 Å². The van der Waals surface area contributed by atoms with Gasteiger partial charge in [0.15, 0.2) is 11.5 Å². The monoisotopic (exact) mass is 449 g/mol. The van der Waals surface area contributed by atoms with Crippen molar-refractivity contribution < 1.29 is 14.3 Å². The van der Waals surface area contributed by atoms with Crippen LogP contribution in [0.1, 0.15) is 11.3 Å². The number of benzene rings is 2. The van der Waals surface area contributed by atoms with E-state index >= 15 is 0 Å². The molecule has 0 unspecified atom stereocenters. The van der Waals surface area contributed by atoms with E-state index in [1.165, 1.54) is 0 Å². The topological polar surface area (TPSA) is 54.9 Å². The maximum atomic E-state index is 12.6. The van der Waals surface area contributed by atoms with E-state index in [2.05, 4.69) is 22.4 Å². The smallest absolute Gasteiger partial charge is 0.246 e. The number of piperazine rings is 1. The summed E-state index contributed by atoms with van der Waals surface area (Å²) < 4.78 is 10.6. The Morgan fingerprint density at radius 2 is 1.78 bits per heavy atom. The van der Waals surface area contributed by atoms with Gasteiger partial charge in [0.05, 0.1) is 19.9 Å². The van der Waals surface area contributed by atoms with E-state index in [4.69, 9.17) is 14.5 Å². The number of hydrogen-bond acceptors (Lipinski definition) is 6. The van der Waals surface area contributed by atoms with Gasteiger partial charge in [-0.1, -0.05) is 36.4 Å². The summed E-state index contributed by atoms with van der Waals surface area (Å²) in [6, 6.07) is 15.9. The molecule has 7 heteroatoms. The van der Waals surface area contributed by atoms with Gasteiger partial charge in [-0.3, -0.25) is 9.69 Å². The molecular weight excluding hydrogens is 422 g/mol. The van der Waals surface area contributed by atoms with Crippen LogP contribution in [0.25, 0.3) is 16.6 Å². The highest BCUT2D eigenvalue weighted by Crippen LogP contribution is 2.28. The normalized spacial score (nSPS) is 14.6. The van der Waals surface area contributed by atoms with Crippen molar-refractivity contribution in [2.45, 2.75) is 6.54 Å². The van der Waals surface area contributed by atoms with Crippen LogP contribution in [0, 0.1) is 0 Å². The largest absolute Gasteiger partial charge is 0.493 e. The third-order valence-electron chi connectivity index (χ3n) is 5.47. The van der Waals surface area contributed by atoms with Crippen LogP contribution in [0.3, 0.4) is 0 Å². The Labute approximate surface area is 192 Å². The van der Waals surface area contributed by atoms with Crippen molar-refractivity contribution >= 4 is 23.3 Å². The Morgan fingerprint density at radius 3 is 2.50 bits per heavy atom. The Hall–Kier alpha value is -3.16. The molecular formula is C25H27N3O3S. The summed E-state index contributed by atoms with van der Waals surface area (Å²) in [5, 5.41) is 3.18. The average molecular weight is 450 g/mol. The van der Waals surface area contributed by atoms with Crippen LogP contribution >= 0.6 is 11.3 Å². The number of ether oxygens (including phenoxy) is 2. The van der Waals surface area contributed by atoms with Gasteiger partial charge in [0.25, 0.3) is 0 Å². The number of rotatable bonds is 7. The molecule has 166 valence electrons. The first-order chi connectivity index (χ1) is 15.7. The van der Waals surface area contributed by atoms with Gasteiger partial charge in [-0.15, -0.1) is 11.3 Å². The Bertz CT molecular complexity index is 1070. The molecule has 0 spiro atoms. The molecule has 1 saturated heterocycles. The first-order valence-electron chi connectivity index (χ1n) is 10.6. The summed E-state index contributed by atoms with van der Waals surface area (Å²) in [5.41, 5.74) is 3.13. The lowest BCUT2D eigenvalue weighted by Crippen LogP contribution is -2.47. The molecule has 1 amide bonds. The molecule has 2 aromatic carbocycles. The number of carbonyl (C=O) groups excluding carboxylic acids is 1. The van der Waals surface area contributed by atoms with E-state index in [-0.39, 0.29) is 5.91 Å². The van der Waals surface area contributed by atoms with Crippen molar-refractivity contribution in [1.29, 1.82) is 0 Å². The molecule has 0 atom stereocenters. The lowest BCUT2D eigenvalue weighted by atomic mass is 10.2. The highest BCUT2D eigenvalue weighted by atomic mass is 32.1. The zero-order chi connectivity index (χ0) is 22.3. The van der Waals surface area contributed by atoms with E-state index in [1.54, 1.807) is 31.6 Å². The maximum Gasteiger partial charge on any atom is 0.246 e. The number of methoxy groups -OCH3 is 2. The van der Waals surface area contributed by atoms with Crippen LogP contribution in [0.4, 0.5) is 0 Å². The van der Waals surface area contributed by atoms with Crippen molar-refractivity contribution in [3.8, 4) is 22.1 Å². The summed E-state index contributed by atoms with van der Waals surface area (Å²) in [4.78, 5) is 21.7. The number of hydrogen-bond donors (Lipinski definition) is 0. The molecule has 2 heterocycles. The molecule has 6 nitrogen and oxygen atoms in total. The second-order valence-corrected chi connectivity index (χ2v) is 8.42. The number of carbonyl (C=O) groups is 1. The van der Waals surface area contributed by atoms with Crippen molar-refractivity contribution in [3.63, 3.8) is 0 Å². The van der Waals surface area contributed by atoms with E-state index in [9.17, 15) is 4.79 Å². The molecule has 3 aromatic rings. The second kappa shape index (κ2) is 10.4. The summed E-state index contributed by atoms with van der Waals surface area (Å²) in [5.74, 6) is 1.34. The predicted molar refractivity (Wildman–Crippen MR) is 128 cm³/mol. The first kappa shape index (κ1) is 22.0. The summed E-state index contributed by atoms with van der Waals surface area (Å²) in [6.07, 6.45) is 3.44. The second-order valence-electron chi connectivity index (χ2n) is 7.56. The maximum absolute atomic E-state index is 12.6. The Kier molecular flexibility index (Phi) is 7.19. The summed E-state index contributed by atoms with van der Waals surface area (Å²) >= 11 is 1.68. The number of aromatic nitrogens is 1. The molecule has 1 fully saturated rings. The van der Waals surface area contributed by atoms with Crippen molar-refractivity contribution in [3.05, 3.63) is 71.2 Å². The molecule has 0 bridgehead atoms. The molecule has 0 aliphatic carbocycles. The third-order valence-corrected chi connectivity index (χ3v) is 6.41. The average Bonchev–Trinajstić information content (AvgIpc) is 3.31. The standard InChI is InChI=1S/C25H27N3O3S/c1-30-22-10-8-19(16-23(22)31-2)9-11-24(29)28-14-12-27(13-15-28)17-21-18-32-25(26-21)20-6-4-3-5-7-20/h3-11,16,18H,12-15,17H2,1-2H3/b11-9-. The molecule has 0 radical (unpaired) electrons. The Morgan fingerprint density at radius 1 is 1.03 bits per heavy atom. The summed E-state index contributed by atoms with van der Waals surface area (Å²) in [6.45, 7) is 3.92. The fourth-order valence-corrected chi connectivity index (χ4v) is 4.49. The summed E-state index contributed by atoms with van der Waals surface area (Å²) in [7, 11) is 3.21. The highest BCUT2D eigenvalue weighted by Gasteiger charge is 2.20. The van der Waals surface area contributed by atoms with E-state index in [1.807, 2.05) is 47.4 Å². The predicted octanol–water partition coefficient (Wildman–Crippen LogP) is 4.18. The first-order valence-corrected chi connectivity index (χ1v) is 11.5. The van der Waals surface area contributed by atoms with Crippen LogP contribution < -0.4 is 9.47 Å². The van der Waals surface area contributed by atoms with Gasteiger partial charge in [-0.05, 0) is 23.8 Å². The van der Waals surface area contributed by atoms with Gasteiger partial charge < -0.3 is 14.4 Å². The fourth-order valence-electron chi connectivity index (χ4n) is 3.68. The van der Waals surface area contributed by atoms with E-state index < -0.39 is 0 Å². The molecule has 1 aliphatic heterocycles. The van der Waals surface area contributed by atoms with Gasteiger partial charge in [0, 0.05) is 49.7 Å². The molecule has 1 aliphatic rings. The highest BCUT2D eigenvalue weighted by molar-refractivity contribution is 7.13. The number of amides is 1. The van der Waals surface area contributed by atoms with Gasteiger partial charge in [-0.25, -0.2) is 4.98 Å². The molecule has 1 aromatic heterocycles. The van der Waals surface area contributed by atoms with Crippen molar-refractivity contribution in [1.82, 2.24) is 14.8 Å². The van der Waals surface area contributed by atoms with Crippen LogP contribution in [0.2, 0.25) is 0 Å². The van der Waals surface area contributed by atoms with Gasteiger partial charge in [-0.2, -0.15) is 0 Å². The minimum absolute atomic E-state index is 0.0273. The zero-order valence-corrected chi connectivity index (χ0v) is 19.2. The lowest BCUT2D eigenvalue weighted by molar-refractivity contribution is -0.127. The van der Waals surface area contributed by atoms with E-state index in [0.29, 0.717) is 24.6 Å². The fraction of sp³-hybridized carbons (Fsp3) is 0.280.